The third-order valence-electron chi connectivity index (χ3n) is 3.04. The molecule has 0 saturated carbocycles. The van der Waals surface area contributed by atoms with E-state index in [0.717, 1.165) is 44.6 Å². The summed E-state index contributed by atoms with van der Waals surface area (Å²) in [5, 5.41) is 0. The van der Waals surface area contributed by atoms with E-state index in [9.17, 15) is 0 Å². The second kappa shape index (κ2) is 7.34. The second-order valence-electron chi connectivity index (χ2n) is 6.26. The first kappa shape index (κ1) is 14.9. The number of rotatable bonds is 6. The smallest absolute Gasteiger partial charge is 0.0829 e. The summed E-state index contributed by atoms with van der Waals surface area (Å²) >= 11 is 0. The Bertz CT molecular complexity index is 204. The number of nitrogens with zero attached hydrogens (tertiary/aromatic N) is 2. The van der Waals surface area contributed by atoms with E-state index >= 15 is 0 Å². The fraction of sp³-hybridized carbons (Fsp3) is 1.00. The minimum absolute atomic E-state index is 0.395. The standard InChI is InChI=1S/C14H30N2O/c1-12(2)8-15(5)10-14-11-16(6-7-17-14)9-13(3)4/h12-14H,6-11H2,1-5H3/t14-/m1/s1. The molecule has 0 N–H and O–H groups in total. The van der Waals surface area contributed by atoms with E-state index in [0.29, 0.717) is 6.10 Å². The lowest BCUT2D eigenvalue weighted by Gasteiger charge is -2.35. The molecule has 1 rings (SSSR count). The molecule has 0 unspecified atom stereocenters. The van der Waals surface area contributed by atoms with Gasteiger partial charge in [0.25, 0.3) is 0 Å². The Morgan fingerprint density at radius 1 is 1.24 bits per heavy atom. The van der Waals surface area contributed by atoms with Crippen LogP contribution in [-0.4, -0.2) is 62.3 Å². The lowest BCUT2D eigenvalue weighted by atomic mass is 10.1. The molecule has 1 fully saturated rings. The van der Waals surface area contributed by atoms with Gasteiger partial charge in [-0.15, -0.1) is 0 Å². The van der Waals surface area contributed by atoms with Crippen LogP contribution >= 0.6 is 0 Å². The van der Waals surface area contributed by atoms with Gasteiger partial charge < -0.3 is 9.64 Å². The summed E-state index contributed by atoms with van der Waals surface area (Å²) in [6, 6.07) is 0. The fourth-order valence-corrected chi connectivity index (χ4v) is 2.62. The van der Waals surface area contributed by atoms with E-state index in [1.165, 1.54) is 6.54 Å². The van der Waals surface area contributed by atoms with Crippen LogP contribution in [0.4, 0.5) is 0 Å². The third kappa shape index (κ3) is 6.39. The number of ether oxygens (including phenoxy) is 1. The monoisotopic (exact) mass is 242 g/mol. The highest BCUT2D eigenvalue weighted by atomic mass is 16.5. The first-order valence-corrected chi connectivity index (χ1v) is 7.00. The molecular formula is C14H30N2O. The molecule has 0 spiro atoms. The zero-order chi connectivity index (χ0) is 12.8. The molecule has 0 aromatic rings. The van der Waals surface area contributed by atoms with Crippen molar-refractivity contribution in [2.75, 3.05) is 46.4 Å². The van der Waals surface area contributed by atoms with Crippen molar-refractivity contribution in [3.8, 4) is 0 Å². The van der Waals surface area contributed by atoms with E-state index in [1.54, 1.807) is 0 Å². The molecule has 1 aliphatic rings. The summed E-state index contributed by atoms with van der Waals surface area (Å²) < 4.78 is 5.86. The van der Waals surface area contributed by atoms with Crippen LogP contribution in [0, 0.1) is 11.8 Å². The molecule has 17 heavy (non-hydrogen) atoms. The van der Waals surface area contributed by atoms with E-state index in [1.807, 2.05) is 0 Å². The number of hydrogen-bond donors (Lipinski definition) is 0. The van der Waals surface area contributed by atoms with Gasteiger partial charge in [0.15, 0.2) is 0 Å². The Balaban J connectivity index is 2.29. The van der Waals surface area contributed by atoms with Gasteiger partial charge in [-0.2, -0.15) is 0 Å². The predicted molar refractivity (Wildman–Crippen MR) is 73.4 cm³/mol. The molecule has 0 aliphatic carbocycles. The van der Waals surface area contributed by atoms with Crippen molar-refractivity contribution in [2.24, 2.45) is 11.8 Å². The molecule has 1 aliphatic heterocycles. The Labute approximate surface area is 107 Å². The first-order chi connectivity index (χ1) is 7.97. The van der Waals surface area contributed by atoms with Gasteiger partial charge in [0, 0.05) is 32.7 Å². The van der Waals surface area contributed by atoms with Crippen LogP contribution in [0.15, 0.2) is 0 Å². The maximum absolute atomic E-state index is 5.86. The normalized spacial score (nSPS) is 22.9. The van der Waals surface area contributed by atoms with Crippen LogP contribution in [0.5, 0.6) is 0 Å². The summed E-state index contributed by atoms with van der Waals surface area (Å²) in [4.78, 5) is 4.94. The van der Waals surface area contributed by atoms with Crippen molar-refractivity contribution in [3.05, 3.63) is 0 Å². The molecular weight excluding hydrogens is 212 g/mol. The van der Waals surface area contributed by atoms with Crippen molar-refractivity contribution < 1.29 is 4.74 Å². The van der Waals surface area contributed by atoms with Gasteiger partial charge in [-0.3, -0.25) is 4.90 Å². The summed E-state index contributed by atoms with van der Waals surface area (Å²) in [6.07, 6.45) is 0.395. The number of morpholine rings is 1. The highest BCUT2D eigenvalue weighted by Gasteiger charge is 2.22. The van der Waals surface area contributed by atoms with E-state index in [-0.39, 0.29) is 0 Å². The predicted octanol–water partition coefficient (Wildman–Crippen LogP) is 1.93. The quantitative estimate of drug-likeness (QED) is 0.708. The van der Waals surface area contributed by atoms with Gasteiger partial charge in [0.1, 0.15) is 0 Å². The van der Waals surface area contributed by atoms with Crippen LogP contribution in [0.3, 0.4) is 0 Å². The highest BCUT2D eigenvalue weighted by Crippen LogP contribution is 2.09. The number of likely N-dealkylation sites (N-methyl/N-ethyl adjacent to an activating group) is 1. The van der Waals surface area contributed by atoms with Gasteiger partial charge in [-0.05, 0) is 18.9 Å². The van der Waals surface area contributed by atoms with Crippen LogP contribution in [0.1, 0.15) is 27.7 Å². The number of hydrogen-bond acceptors (Lipinski definition) is 3. The van der Waals surface area contributed by atoms with Gasteiger partial charge in [-0.25, -0.2) is 0 Å². The SMILES string of the molecule is CC(C)CN(C)C[C@@H]1CN(CC(C)C)CCO1. The van der Waals surface area contributed by atoms with Crippen LogP contribution in [0.25, 0.3) is 0 Å². The lowest BCUT2D eigenvalue weighted by molar-refractivity contribution is -0.0441. The van der Waals surface area contributed by atoms with Gasteiger partial charge in [-0.1, -0.05) is 27.7 Å². The maximum Gasteiger partial charge on any atom is 0.0829 e. The van der Waals surface area contributed by atoms with Crippen LogP contribution < -0.4 is 0 Å². The van der Waals surface area contributed by atoms with Crippen molar-refractivity contribution >= 4 is 0 Å². The Morgan fingerprint density at radius 3 is 2.53 bits per heavy atom. The summed E-state index contributed by atoms with van der Waals surface area (Å²) in [5.41, 5.74) is 0. The molecule has 1 saturated heterocycles. The van der Waals surface area contributed by atoms with E-state index in [2.05, 4.69) is 44.5 Å². The van der Waals surface area contributed by atoms with Crippen LogP contribution in [0.2, 0.25) is 0 Å². The van der Waals surface area contributed by atoms with E-state index < -0.39 is 0 Å². The zero-order valence-corrected chi connectivity index (χ0v) is 12.3. The Morgan fingerprint density at radius 2 is 1.94 bits per heavy atom. The zero-order valence-electron chi connectivity index (χ0n) is 12.3. The third-order valence-corrected chi connectivity index (χ3v) is 3.04. The van der Waals surface area contributed by atoms with E-state index in [4.69, 9.17) is 4.74 Å². The van der Waals surface area contributed by atoms with Gasteiger partial charge >= 0.3 is 0 Å². The molecule has 0 amide bonds. The van der Waals surface area contributed by atoms with Gasteiger partial charge in [0.05, 0.1) is 12.7 Å². The minimum atomic E-state index is 0.395. The molecule has 3 nitrogen and oxygen atoms in total. The average Bonchev–Trinajstić information content (AvgIpc) is 2.14. The summed E-state index contributed by atoms with van der Waals surface area (Å²) in [6.45, 7) is 15.6. The molecule has 0 bridgehead atoms. The minimum Gasteiger partial charge on any atom is -0.374 e. The molecule has 0 aromatic carbocycles. The Hall–Kier alpha value is -0.120. The summed E-state index contributed by atoms with van der Waals surface area (Å²) in [5.74, 6) is 1.48. The topological polar surface area (TPSA) is 15.7 Å². The largest absolute Gasteiger partial charge is 0.374 e. The Kier molecular flexibility index (Phi) is 6.45. The molecule has 1 heterocycles. The van der Waals surface area contributed by atoms with Crippen molar-refractivity contribution in [1.29, 1.82) is 0 Å². The van der Waals surface area contributed by atoms with Crippen LogP contribution in [-0.2, 0) is 4.74 Å². The van der Waals surface area contributed by atoms with Crippen molar-refractivity contribution in [2.45, 2.75) is 33.8 Å². The molecule has 0 aromatic heterocycles. The summed E-state index contributed by atoms with van der Waals surface area (Å²) in [7, 11) is 2.20. The average molecular weight is 242 g/mol. The van der Waals surface area contributed by atoms with Gasteiger partial charge in [0.2, 0.25) is 0 Å². The lowest BCUT2D eigenvalue weighted by Crippen LogP contribution is -2.48. The molecule has 1 atom stereocenters. The molecule has 0 radical (unpaired) electrons. The fourth-order valence-electron chi connectivity index (χ4n) is 2.62. The second-order valence-corrected chi connectivity index (χ2v) is 6.26. The maximum atomic E-state index is 5.86. The highest BCUT2D eigenvalue weighted by molar-refractivity contribution is 4.75. The molecule has 102 valence electrons. The van der Waals surface area contributed by atoms with Crippen molar-refractivity contribution in [3.63, 3.8) is 0 Å². The molecule has 3 heteroatoms. The van der Waals surface area contributed by atoms with Crippen molar-refractivity contribution in [1.82, 2.24) is 9.80 Å². The first-order valence-electron chi connectivity index (χ1n) is 7.00.